The third kappa shape index (κ3) is 6.78. The van der Waals surface area contributed by atoms with Gasteiger partial charge in [-0.05, 0) is 38.5 Å². The van der Waals surface area contributed by atoms with Crippen LogP contribution in [0.25, 0.3) is 0 Å². The molecule has 0 N–H and O–H groups in total. The van der Waals surface area contributed by atoms with E-state index in [-0.39, 0.29) is 19.1 Å². The van der Waals surface area contributed by atoms with Gasteiger partial charge in [-0.1, -0.05) is 37.2 Å². The molecular formula is C22H28N2O6S. The molecule has 0 atom stereocenters. The minimum Gasteiger partial charge on any atom is -0.482 e. The summed E-state index contributed by atoms with van der Waals surface area (Å²) in [5.74, 6) is -0.832. The van der Waals surface area contributed by atoms with E-state index in [0.29, 0.717) is 33.6 Å². The Balaban J connectivity index is 2.29. The summed E-state index contributed by atoms with van der Waals surface area (Å²) in [7, 11) is 1.28. The van der Waals surface area contributed by atoms with Crippen molar-refractivity contribution >= 4 is 34.3 Å². The molecule has 0 aliphatic heterocycles. The number of amides is 1. The van der Waals surface area contributed by atoms with Gasteiger partial charge in [0.1, 0.15) is 10.6 Å². The van der Waals surface area contributed by atoms with Gasteiger partial charge in [0.25, 0.3) is 5.91 Å². The average Bonchev–Trinajstić information content (AvgIpc) is 3.16. The minimum absolute atomic E-state index is 0.247. The van der Waals surface area contributed by atoms with Crippen molar-refractivity contribution in [2.75, 3.05) is 31.8 Å². The van der Waals surface area contributed by atoms with E-state index >= 15 is 0 Å². The van der Waals surface area contributed by atoms with Crippen LogP contribution in [0.3, 0.4) is 0 Å². The Labute approximate surface area is 186 Å². The summed E-state index contributed by atoms with van der Waals surface area (Å²) < 4.78 is 15.1. The van der Waals surface area contributed by atoms with E-state index in [1.807, 2.05) is 0 Å². The molecule has 31 heavy (non-hydrogen) atoms. The van der Waals surface area contributed by atoms with Crippen LogP contribution in [-0.2, 0) is 14.3 Å². The van der Waals surface area contributed by atoms with Crippen molar-refractivity contribution in [2.24, 2.45) is 0 Å². The van der Waals surface area contributed by atoms with Gasteiger partial charge in [0.15, 0.2) is 11.7 Å². The standard InChI is InChI=1S/C22H28N2O6S/c1-5-7-8-12-24(22-23-15(3)19(31-22)21(27)29-6-2)20(26)16-10-9-11-17(13-16)30-14-18(25)28-4/h9-11,13H,5-8,12,14H2,1-4H3. The van der Waals surface area contributed by atoms with Gasteiger partial charge in [-0.25, -0.2) is 14.6 Å². The van der Waals surface area contributed by atoms with Gasteiger partial charge in [-0.3, -0.25) is 9.69 Å². The second-order valence-corrected chi connectivity index (χ2v) is 7.67. The maximum absolute atomic E-state index is 13.3. The second-order valence-electron chi connectivity index (χ2n) is 6.69. The summed E-state index contributed by atoms with van der Waals surface area (Å²) in [6.45, 7) is 6.04. The topological polar surface area (TPSA) is 95.0 Å². The van der Waals surface area contributed by atoms with E-state index < -0.39 is 11.9 Å². The summed E-state index contributed by atoms with van der Waals surface area (Å²) in [6.07, 6.45) is 2.76. The Kier molecular flexibility index (Phi) is 9.45. The number of methoxy groups -OCH3 is 1. The molecule has 8 nitrogen and oxygen atoms in total. The number of rotatable bonds is 11. The van der Waals surface area contributed by atoms with Crippen LogP contribution < -0.4 is 9.64 Å². The largest absolute Gasteiger partial charge is 0.482 e. The number of nitrogens with zero attached hydrogens (tertiary/aromatic N) is 2. The van der Waals surface area contributed by atoms with Crippen LogP contribution in [-0.4, -0.2) is 49.7 Å². The predicted molar refractivity (Wildman–Crippen MR) is 118 cm³/mol. The molecule has 0 aliphatic carbocycles. The van der Waals surface area contributed by atoms with Gasteiger partial charge < -0.3 is 14.2 Å². The highest BCUT2D eigenvalue weighted by atomic mass is 32.1. The SMILES string of the molecule is CCCCCN(C(=O)c1cccc(OCC(=O)OC)c1)c1nc(C)c(C(=O)OCC)s1. The van der Waals surface area contributed by atoms with Crippen molar-refractivity contribution in [1.82, 2.24) is 4.98 Å². The molecule has 0 bridgehead atoms. The average molecular weight is 449 g/mol. The minimum atomic E-state index is -0.511. The smallest absolute Gasteiger partial charge is 0.350 e. The Morgan fingerprint density at radius 3 is 2.61 bits per heavy atom. The van der Waals surface area contributed by atoms with E-state index in [2.05, 4.69) is 16.6 Å². The van der Waals surface area contributed by atoms with Gasteiger partial charge in [0, 0.05) is 12.1 Å². The number of aromatic nitrogens is 1. The van der Waals surface area contributed by atoms with Crippen LogP contribution >= 0.6 is 11.3 Å². The van der Waals surface area contributed by atoms with Gasteiger partial charge in [0.2, 0.25) is 0 Å². The molecule has 0 radical (unpaired) electrons. The molecule has 0 aliphatic rings. The highest BCUT2D eigenvalue weighted by Crippen LogP contribution is 2.29. The van der Waals surface area contributed by atoms with Crippen molar-refractivity contribution < 1.29 is 28.6 Å². The number of anilines is 1. The molecule has 2 rings (SSSR count). The highest BCUT2D eigenvalue weighted by molar-refractivity contribution is 7.17. The van der Waals surface area contributed by atoms with Gasteiger partial charge in [-0.2, -0.15) is 0 Å². The number of aryl methyl sites for hydroxylation is 1. The fourth-order valence-corrected chi connectivity index (χ4v) is 3.75. The van der Waals surface area contributed by atoms with Crippen LogP contribution in [0.1, 0.15) is 58.8 Å². The second kappa shape index (κ2) is 12.0. The molecule has 9 heteroatoms. The maximum Gasteiger partial charge on any atom is 0.350 e. The van der Waals surface area contributed by atoms with Crippen molar-refractivity contribution in [3.05, 3.63) is 40.4 Å². The molecule has 168 valence electrons. The molecule has 0 spiro atoms. The zero-order valence-corrected chi connectivity index (χ0v) is 19.1. The first kappa shape index (κ1) is 24.3. The zero-order valence-electron chi connectivity index (χ0n) is 18.3. The third-order valence-corrected chi connectivity index (χ3v) is 5.53. The molecule has 0 unspecified atom stereocenters. The molecule has 1 aromatic carbocycles. The van der Waals surface area contributed by atoms with E-state index in [9.17, 15) is 14.4 Å². The van der Waals surface area contributed by atoms with E-state index in [1.165, 1.54) is 7.11 Å². The van der Waals surface area contributed by atoms with Crippen LogP contribution in [0.2, 0.25) is 0 Å². The number of esters is 2. The monoisotopic (exact) mass is 448 g/mol. The fourth-order valence-electron chi connectivity index (χ4n) is 2.76. The number of unbranched alkanes of at least 4 members (excludes halogenated alkanes) is 2. The molecule has 1 heterocycles. The van der Waals surface area contributed by atoms with Crippen LogP contribution in [0.5, 0.6) is 5.75 Å². The first-order chi connectivity index (χ1) is 14.9. The number of ether oxygens (including phenoxy) is 3. The van der Waals surface area contributed by atoms with E-state index in [0.717, 1.165) is 30.6 Å². The Hall–Kier alpha value is -2.94. The Morgan fingerprint density at radius 2 is 1.94 bits per heavy atom. The highest BCUT2D eigenvalue weighted by Gasteiger charge is 2.25. The summed E-state index contributed by atoms with van der Waals surface area (Å²) >= 11 is 1.15. The number of hydrogen-bond donors (Lipinski definition) is 0. The number of carbonyl (C=O) groups is 3. The summed E-state index contributed by atoms with van der Waals surface area (Å²) in [6, 6.07) is 6.59. The third-order valence-electron chi connectivity index (χ3n) is 4.37. The lowest BCUT2D eigenvalue weighted by atomic mass is 10.1. The van der Waals surface area contributed by atoms with Crippen molar-refractivity contribution in [1.29, 1.82) is 0 Å². The van der Waals surface area contributed by atoms with Crippen LogP contribution in [0.15, 0.2) is 24.3 Å². The van der Waals surface area contributed by atoms with Crippen molar-refractivity contribution in [3.8, 4) is 5.75 Å². The number of carbonyl (C=O) groups excluding carboxylic acids is 3. The lowest BCUT2D eigenvalue weighted by Crippen LogP contribution is -2.32. The van der Waals surface area contributed by atoms with Gasteiger partial charge in [0.05, 0.1) is 19.4 Å². The molecule has 1 aromatic heterocycles. The first-order valence-corrected chi connectivity index (χ1v) is 11.0. The number of hydrogen-bond acceptors (Lipinski definition) is 8. The molecule has 0 fully saturated rings. The van der Waals surface area contributed by atoms with Crippen LogP contribution in [0, 0.1) is 6.92 Å². The molecule has 0 saturated carbocycles. The Bertz CT molecular complexity index is 911. The normalized spacial score (nSPS) is 10.5. The molecule has 1 amide bonds. The quantitative estimate of drug-likeness (QED) is 0.378. The van der Waals surface area contributed by atoms with Crippen LogP contribution in [0.4, 0.5) is 5.13 Å². The maximum atomic E-state index is 13.3. The first-order valence-electron chi connectivity index (χ1n) is 10.2. The van der Waals surface area contributed by atoms with E-state index in [4.69, 9.17) is 9.47 Å². The fraction of sp³-hybridized carbons (Fsp3) is 0.455. The molecule has 2 aromatic rings. The zero-order chi connectivity index (χ0) is 22.8. The van der Waals surface area contributed by atoms with Crippen molar-refractivity contribution in [2.45, 2.75) is 40.0 Å². The number of benzene rings is 1. The lowest BCUT2D eigenvalue weighted by molar-refractivity contribution is -0.142. The van der Waals surface area contributed by atoms with E-state index in [1.54, 1.807) is 43.0 Å². The predicted octanol–water partition coefficient (Wildman–Crippen LogP) is 4.02. The summed E-state index contributed by atoms with van der Waals surface area (Å²) in [5.41, 5.74) is 0.923. The number of thiazole rings is 1. The Morgan fingerprint density at radius 1 is 1.16 bits per heavy atom. The molecule has 0 saturated heterocycles. The lowest BCUT2D eigenvalue weighted by Gasteiger charge is -2.20. The molecular weight excluding hydrogens is 420 g/mol. The van der Waals surface area contributed by atoms with Crippen molar-refractivity contribution in [3.63, 3.8) is 0 Å². The summed E-state index contributed by atoms with van der Waals surface area (Å²) in [4.78, 5) is 43.3. The van der Waals surface area contributed by atoms with Gasteiger partial charge >= 0.3 is 11.9 Å². The summed E-state index contributed by atoms with van der Waals surface area (Å²) in [5, 5.41) is 0.447. The van der Waals surface area contributed by atoms with Gasteiger partial charge in [-0.15, -0.1) is 0 Å².